The van der Waals surface area contributed by atoms with Crippen LogP contribution in [0.2, 0.25) is 0 Å². The summed E-state index contributed by atoms with van der Waals surface area (Å²) >= 11 is 1.66. The normalized spacial score (nSPS) is 21.9. The summed E-state index contributed by atoms with van der Waals surface area (Å²) < 4.78 is 5.50. The van der Waals surface area contributed by atoms with Crippen molar-refractivity contribution in [2.45, 2.75) is 19.0 Å². The molecule has 0 amide bonds. The summed E-state index contributed by atoms with van der Waals surface area (Å²) in [6.45, 7) is 7.01. The van der Waals surface area contributed by atoms with Crippen molar-refractivity contribution in [3.63, 3.8) is 0 Å². The molecular formula is C19H23N3O3S. The lowest BCUT2D eigenvalue weighted by Crippen LogP contribution is -2.50. The number of thiophene rings is 1. The molecule has 4 rings (SSSR count). The SMILES string of the molecule is O=[N+]([O-])c1ccccc1-c1ccc(CN2CCN([C@H]3CCOC3)CC2)s1. The van der Waals surface area contributed by atoms with E-state index in [9.17, 15) is 10.1 Å². The molecule has 2 aliphatic heterocycles. The predicted octanol–water partition coefficient (Wildman–Crippen LogP) is 3.23. The number of rotatable bonds is 5. The van der Waals surface area contributed by atoms with Crippen molar-refractivity contribution in [2.24, 2.45) is 0 Å². The summed E-state index contributed by atoms with van der Waals surface area (Å²) in [5.74, 6) is 0. The zero-order valence-electron chi connectivity index (χ0n) is 14.7. The van der Waals surface area contributed by atoms with Gasteiger partial charge in [0.15, 0.2) is 0 Å². The van der Waals surface area contributed by atoms with Crippen LogP contribution in [0.4, 0.5) is 5.69 Å². The first-order chi connectivity index (χ1) is 12.7. The molecule has 1 atom stereocenters. The fraction of sp³-hybridized carbons (Fsp3) is 0.474. The van der Waals surface area contributed by atoms with Crippen molar-refractivity contribution >= 4 is 17.0 Å². The van der Waals surface area contributed by atoms with Gasteiger partial charge in [-0.15, -0.1) is 11.3 Å². The number of nitrogens with zero attached hydrogens (tertiary/aromatic N) is 3. The van der Waals surface area contributed by atoms with E-state index < -0.39 is 0 Å². The Kier molecular flexibility index (Phi) is 5.31. The molecule has 0 bridgehead atoms. The van der Waals surface area contributed by atoms with Gasteiger partial charge in [-0.1, -0.05) is 12.1 Å². The number of para-hydroxylation sites is 1. The molecule has 1 aromatic carbocycles. The Labute approximate surface area is 157 Å². The maximum Gasteiger partial charge on any atom is 0.278 e. The van der Waals surface area contributed by atoms with Crippen LogP contribution in [0.25, 0.3) is 10.4 Å². The highest BCUT2D eigenvalue weighted by molar-refractivity contribution is 7.15. The second-order valence-electron chi connectivity index (χ2n) is 6.87. The lowest BCUT2D eigenvalue weighted by molar-refractivity contribution is -0.384. The van der Waals surface area contributed by atoms with E-state index in [0.29, 0.717) is 11.6 Å². The summed E-state index contributed by atoms with van der Waals surface area (Å²) in [4.78, 5) is 18.2. The number of nitro groups is 1. The molecule has 0 unspecified atom stereocenters. The number of nitro benzene ring substituents is 1. The van der Waals surface area contributed by atoms with Crippen LogP contribution in [0.5, 0.6) is 0 Å². The third-order valence-electron chi connectivity index (χ3n) is 5.24. The van der Waals surface area contributed by atoms with Gasteiger partial charge >= 0.3 is 0 Å². The average Bonchev–Trinajstić information content (AvgIpc) is 3.34. The number of piperazine rings is 1. The van der Waals surface area contributed by atoms with Crippen LogP contribution in [0.15, 0.2) is 36.4 Å². The quantitative estimate of drug-likeness (QED) is 0.595. The fourth-order valence-electron chi connectivity index (χ4n) is 3.77. The maximum absolute atomic E-state index is 11.2. The molecule has 7 heteroatoms. The zero-order valence-corrected chi connectivity index (χ0v) is 15.5. The molecule has 0 N–H and O–H groups in total. The van der Waals surface area contributed by atoms with E-state index in [-0.39, 0.29) is 10.6 Å². The second-order valence-corrected chi connectivity index (χ2v) is 8.04. The number of hydrogen-bond acceptors (Lipinski definition) is 6. The summed E-state index contributed by atoms with van der Waals surface area (Å²) in [5, 5.41) is 11.2. The Morgan fingerprint density at radius 2 is 1.96 bits per heavy atom. The minimum Gasteiger partial charge on any atom is -0.380 e. The van der Waals surface area contributed by atoms with Gasteiger partial charge in [0.2, 0.25) is 0 Å². The van der Waals surface area contributed by atoms with Crippen LogP contribution in [-0.2, 0) is 11.3 Å². The molecular weight excluding hydrogens is 350 g/mol. The standard InChI is InChI=1S/C19H23N3O3S/c23-22(24)18-4-2-1-3-17(18)19-6-5-16(26-19)13-20-8-10-21(11-9-20)15-7-12-25-14-15/h1-6,15H,7-14H2/t15-/m0/s1. The molecule has 3 heterocycles. The zero-order chi connectivity index (χ0) is 17.9. The van der Waals surface area contributed by atoms with E-state index in [4.69, 9.17) is 4.74 Å². The van der Waals surface area contributed by atoms with E-state index in [2.05, 4.69) is 15.9 Å². The van der Waals surface area contributed by atoms with Gasteiger partial charge in [-0.25, -0.2) is 0 Å². The Morgan fingerprint density at radius 3 is 2.69 bits per heavy atom. The van der Waals surface area contributed by atoms with Crippen LogP contribution in [0, 0.1) is 10.1 Å². The van der Waals surface area contributed by atoms with Gasteiger partial charge in [0.05, 0.1) is 17.1 Å². The lowest BCUT2D eigenvalue weighted by atomic mass is 10.1. The van der Waals surface area contributed by atoms with Gasteiger partial charge in [0, 0.05) is 61.2 Å². The van der Waals surface area contributed by atoms with Crippen LogP contribution in [-0.4, -0.2) is 60.2 Å². The van der Waals surface area contributed by atoms with Crippen molar-refractivity contribution in [1.82, 2.24) is 9.80 Å². The largest absolute Gasteiger partial charge is 0.380 e. The van der Waals surface area contributed by atoms with Crippen molar-refractivity contribution in [2.75, 3.05) is 39.4 Å². The van der Waals surface area contributed by atoms with Gasteiger partial charge in [-0.05, 0) is 24.6 Å². The minimum absolute atomic E-state index is 0.174. The van der Waals surface area contributed by atoms with Crippen molar-refractivity contribution in [3.05, 3.63) is 51.4 Å². The van der Waals surface area contributed by atoms with Crippen molar-refractivity contribution in [3.8, 4) is 10.4 Å². The Morgan fingerprint density at radius 1 is 1.15 bits per heavy atom. The summed E-state index contributed by atoms with van der Waals surface area (Å²) in [6, 6.07) is 11.7. The first kappa shape index (κ1) is 17.6. The van der Waals surface area contributed by atoms with Gasteiger partial charge in [0.25, 0.3) is 5.69 Å². The van der Waals surface area contributed by atoms with E-state index in [1.165, 1.54) is 4.88 Å². The van der Waals surface area contributed by atoms with E-state index in [1.807, 2.05) is 18.2 Å². The molecule has 0 radical (unpaired) electrons. The Balaban J connectivity index is 1.38. The molecule has 2 aliphatic rings. The Hall–Kier alpha value is -1.80. The molecule has 1 aromatic heterocycles. The molecule has 0 saturated carbocycles. The summed E-state index contributed by atoms with van der Waals surface area (Å²) in [7, 11) is 0. The third kappa shape index (κ3) is 3.81. The van der Waals surface area contributed by atoms with Gasteiger partial charge in [-0.3, -0.25) is 19.9 Å². The van der Waals surface area contributed by atoms with Crippen LogP contribution < -0.4 is 0 Å². The molecule has 6 nitrogen and oxygen atoms in total. The molecule has 2 fully saturated rings. The number of hydrogen-bond donors (Lipinski definition) is 0. The highest BCUT2D eigenvalue weighted by Gasteiger charge is 2.27. The first-order valence-corrected chi connectivity index (χ1v) is 9.89. The minimum atomic E-state index is -0.305. The number of benzene rings is 1. The maximum atomic E-state index is 11.2. The summed E-state index contributed by atoms with van der Waals surface area (Å²) in [5.41, 5.74) is 0.882. The van der Waals surface area contributed by atoms with Gasteiger partial charge < -0.3 is 4.74 Å². The predicted molar refractivity (Wildman–Crippen MR) is 102 cm³/mol. The van der Waals surface area contributed by atoms with Crippen LogP contribution in [0.1, 0.15) is 11.3 Å². The molecule has 26 heavy (non-hydrogen) atoms. The van der Waals surface area contributed by atoms with Crippen molar-refractivity contribution < 1.29 is 9.66 Å². The van der Waals surface area contributed by atoms with Crippen molar-refractivity contribution in [1.29, 1.82) is 0 Å². The topological polar surface area (TPSA) is 58.9 Å². The summed E-state index contributed by atoms with van der Waals surface area (Å²) in [6.07, 6.45) is 1.16. The molecule has 2 saturated heterocycles. The Bertz CT molecular complexity index is 765. The van der Waals surface area contributed by atoms with E-state index in [1.54, 1.807) is 23.5 Å². The van der Waals surface area contributed by atoms with E-state index in [0.717, 1.165) is 57.2 Å². The fourth-order valence-corrected chi connectivity index (χ4v) is 4.85. The monoisotopic (exact) mass is 373 g/mol. The van der Waals surface area contributed by atoms with E-state index >= 15 is 0 Å². The smallest absolute Gasteiger partial charge is 0.278 e. The van der Waals surface area contributed by atoms with Gasteiger partial charge in [-0.2, -0.15) is 0 Å². The third-order valence-corrected chi connectivity index (χ3v) is 6.34. The second kappa shape index (κ2) is 7.84. The van der Waals surface area contributed by atoms with Crippen LogP contribution in [0.3, 0.4) is 0 Å². The molecule has 2 aromatic rings. The molecule has 138 valence electrons. The lowest BCUT2D eigenvalue weighted by Gasteiger charge is -2.37. The molecule has 0 spiro atoms. The molecule has 0 aliphatic carbocycles. The average molecular weight is 373 g/mol. The van der Waals surface area contributed by atoms with Gasteiger partial charge in [0.1, 0.15) is 0 Å². The highest BCUT2D eigenvalue weighted by atomic mass is 32.1. The van der Waals surface area contributed by atoms with Crippen LogP contribution >= 0.6 is 11.3 Å². The number of ether oxygens (including phenoxy) is 1. The highest BCUT2D eigenvalue weighted by Crippen LogP contribution is 2.35. The first-order valence-electron chi connectivity index (χ1n) is 9.07.